The average Bonchev–Trinajstić information content (AvgIpc) is 3.04. The molecule has 0 bridgehead atoms. The number of hydrogen-bond donors (Lipinski definition) is 1. The SMILES string of the molecule is Cc1nnc2ccc(-c3cccc(NC(=O)c4ccc(=O)n(C)n4)c3)nn12. The normalized spacial score (nSPS) is 10.9. The van der Waals surface area contributed by atoms with Gasteiger partial charge in [0.05, 0.1) is 5.69 Å². The maximum absolute atomic E-state index is 12.4. The Hall–Kier alpha value is -3.88. The van der Waals surface area contributed by atoms with E-state index in [0.29, 0.717) is 17.2 Å². The predicted octanol–water partition coefficient (Wildman–Crippen LogP) is 1.45. The number of nitrogens with one attached hydrogen (secondary N) is 1. The molecule has 0 aliphatic rings. The lowest BCUT2D eigenvalue weighted by Gasteiger charge is -2.08. The highest BCUT2D eigenvalue weighted by atomic mass is 16.2. The van der Waals surface area contributed by atoms with Gasteiger partial charge in [0, 0.05) is 24.4 Å². The number of benzene rings is 1. The van der Waals surface area contributed by atoms with Crippen LogP contribution in [0.25, 0.3) is 16.9 Å². The number of rotatable bonds is 3. The summed E-state index contributed by atoms with van der Waals surface area (Å²) in [6.07, 6.45) is 0. The van der Waals surface area contributed by atoms with Gasteiger partial charge in [-0.15, -0.1) is 10.2 Å². The Kier molecular flexibility index (Phi) is 3.96. The summed E-state index contributed by atoms with van der Waals surface area (Å²) in [4.78, 5) is 23.8. The summed E-state index contributed by atoms with van der Waals surface area (Å²) < 4.78 is 2.78. The standard InChI is InChI=1S/C18H15N7O2/c1-11-20-21-16-8-6-14(23-25(11)16)12-4-3-5-13(10-12)19-18(27)15-7-9-17(26)24(2)22-15/h3-10H,1-2H3,(H,19,27). The molecule has 3 aromatic heterocycles. The molecule has 0 fully saturated rings. The van der Waals surface area contributed by atoms with Gasteiger partial charge in [0.1, 0.15) is 5.69 Å². The Balaban J connectivity index is 1.63. The monoisotopic (exact) mass is 361 g/mol. The van der Waals surface area contributed by atoms with E-state index in [1.807, 2.05) is 37.3 Å². The lowest BCUT2D eigenvalue weighted by molar-refractivity contribution is 0.102. The van der Waals surface area contributed by atoms with Crippen LogP contribution >= 0.6 is 0 Å². The molecule has 4 rings (SSSR count). The number of carbonyl (C=O) groups excluding carboxylic acids is 1. The first-order valence-electron chi connectivity index (χ1n) is 8.16. The van der Waals surface area contributed by atoms with Crippen molar-refractivity contribution in [2.45, 2.75) is 6.92 Å². The highest BCUT2D eigenvalue weighted by molar-refractivity contribution is 6.03. The van der Waals surface area contributed by atoms with E-state index >= 15 is 0 Å². The molecule has 9 heteroatoms. The third-order valence-corrected chi connectivity index (χ3v) is 4.03. The van der Waals surface area contributed by atoms with Crippen LogP contribution in [0.2, 0.25) is 0 Å². The van der Waals surface area contributed by atoms with Crippen molar-refractivity contribution in [3.8, 4) is 11.3 Å². The first kappa shape index (κ1) is 16.6. The fourth-order valence-electron chi connectivity index (χ4n) is 2.62. The molecule has 3 heterocycles. The van der Waals surface area contributed by atoms with Crippen LogP contribution in [-0.4, -0.2) is 35.5 Å². The van der Waals surface area contributed by atoms with Crippen molar-refractivity contribution in [2.75, 3.05) is 5.32 Å². The fraction of sp³-hybridized carbons (Fsp3) is 0.111. The topological polar surface area (TPSA) is 107 Å². The molecule has 4 aromatic rings. The van der Waals surface area contributed by atoms with Gasteiger partial charge in [-0.1, -0.05) is 12.1 Å². The Morgan fingerprint density at radius 2 is 1.89 bits per heavy atom. The summed E-state index contributed by atoms with van der Waals surface area (Å²) in [6.45, 7) is 1.83. The van der Waals surface area contributed by atoms with Gasteiger partial charge < -0.3 is 5.32 Å². The van der Waals surface area contributed by atoms with Crippen molar-refractivity contribution < 1.29 is 4.79 Å². The van der Waals surface area contributed by atoms with Crippen LogP contribution in [0.5, 0.6) is 0 Å². The molecule has 0 atom stereocenters. The number of aromatic nitrogens is 6. The number of amides is 1. The summed E-state index contributed by atoms with van der Waals surface area (Å²) in [5.41, 5.74) is 2.69. The Morgan fingerprint density at radius 1 is 1.04 bits per heavy atom. The number of hydrogen-bond acceptors (Lipinski definition) is 6. The molecule has 1 aromatic carbocycles. The molecular weight excluding hydrogens is 346 g/mol. The first-order valence-corrected chi connectivity index (χ1v) is 8.16. The smallest absolute Gasteiger partial charge is 0.276 e. The van der Waals surface area contributed by atoms with Crippen molar-refractivity contribution in [2.24, 2.45) is 7.05 Å². The number of fused-ring (bicyclic) bond motifs is 1. The van der Waals surface area contributed by atoms with Crippen molar-refractivity contribution >= 4 is 17.2 Å². The number of aryl methyl sites for hydroxylation is 2. The minimum atomic E-state index is -0.402. The van der Waals surface area contributed by atoms with E-state index in [9.17, 15) is 9.59 Å². The van der Waals surface area contributed by atoms with E-state index in [-0.39, 0.29) is 11.3 Å². The molecule has 0 unspecified atom stereocenters. The summed E-state index contributed by atoms with van der Waals surface area (Å²) in [5, 5.41) is 19.3. The van der Waals surface area contributed by atoms with Crippen molar-refractivity contribution in [1.29, 1.82) is 0 Å². The van der Waals surface area contributed by atoms with Gasteiger partial charge in [-0.25, -0.2) is 4.68 Å². The minimum absolute atomic E-state index is 0.155. The third kappa shape index (κ3) is 3.17. The van der Waals surface area contributed by atoms with Crippen molar-refractivity contribution in [3.05, 3.63) is 70.4 Å². The van der Waals surface area contributed by atoms with Crippen LogP contribution in [0.15, 0.2) is 53.3 Å². The van der Waals surface area contributed by atoms with Gasteiger partial charge in [0.25, 0.3) is 11.5 Å². The number of anilines is 1. The second-order valence-electron chi connectivity index (χ2n) is 5.95. The van der Waals surface area contributed by atoms with E-state index in [1.165, 1.54) is 19.2 Å². The highest BCUT2D eigenvalue weighted by Crippen LogP contribution is 2.21. The highest BCUT2D eigenvalue weighted by Gasteiger charge is 2.11. The zero-order chi connectivity index (χ0) is 19.0. The second-order valence-corrected chi connectivity index (χ2v) is 5.95. The molecule has 0 saturated heterocycles. The van der Waals surface area contributed by atoms with Crippen LogP contribution in [0.1, 0.15) is 16.3 Å². The largest absolute Gasteiger partial charge is 0.321 e. The van der Waals surface area contributed by atoms with Crippen LogP contribution in [0.3, 0.4) is 0 Å². The van der Waals surface area contributed by atoms with E-state index in [4.69, 9.17) is 0 Å². The average molecular weight is 361 g/mol. The summed E-state index contributed by atoms with van der Waals surface area (Å²) >= 11 is 0. The molecule has 1 N–H and O–H groups in total. The van der Waals surface area contributed by atoms with Crippen molar-refractivity contribution in [3.63, 3.8) is 0 Å². The first-order chi connectivity index (χ1) is 13.0. The zero-order valence-electron chi connectivity index (χ0n) is 14.6. The van der Waals surface area contributed by atoms with E-state index < -0.39 is 5.91 Å². The molecule has 0 aliphatic heterocycles. The van der Waals surface area contributed by atoms with Crippen molar-refractivity contribution in [1.82, 2.24) is 29.6 Å². The van der Waals surface area contributed by atoms with Gasteiger partial charge in [-0.3, -0.25) is 9.59 Å². The van der Waals surface area contributed by atoms with Gasteiger partial charge in [-0.05, 0) is 37.3 Å². The maximum atomic E-state index is 12.4. The number of nitrogens with zero attached hydrogens (tertiary/aromatic N) is 6. The van der Waals surface area contributed by atoms with Crippen LogP contribution in [0, 0.1) is 6.92 Å². The third-order valence-electron chi connectivity index (χ3n) is 4.03. The van der Waals surface area contributed by atoms with E-state index in [1.54, 1.807) is 10.6 Å². The predicted molar refractivity (Wildman–Crippen MR) is 98.4 cm³/mol. The molecule has 0 radical (unpaired) electrons. The van der Waals surface area contributed by atoms with Gasteiger partial charge in [0.15, 0.2) is 11.5 Å². The van der Waals surface area contributed by atoms with E-state index in [2.05, 4.69) is 25.7 Å². The Morgan fingerprint density at radius 3 is 2.70 bits per heavy atom. The van der Waals surface area contributed by atoms with Gasteiger partial charge in [0.2, 0.25) is 0 Å². The molecular formula is C18H15N7O2. The van der Waals surface area contributed by atoms with Crippen LogP contribution in [0.4, 0.5) is 5.69 Å². The summed E-state index contributed by atoms with van der Waals surface area (Å²) in [7, 11) is 1.49. The van der Waals surface area contributed by atoms with Crippen LogP contribution < -0.4 is 10.9 Å². The molecule has 0 spiro atoms. The minimum Gasteiger partial charge on any atom is -0.321 e. The molecule has 0 saturated carbocycles. The Bertz CT molecular complexity index is 1230. The number of carbonyl (C=O) groups is 1. The van der Waals surface area contributed by atoms with Gasteiger partial charge in [-0.2, -0.15) is 14.7 Å². The lowest BCUT2D eigenvalue weighted by atomic mass is 10.1. The van der Waals surface area contributed by atoms with Crippen LogP contribution in [-0.2, 0) is 7.05 Å². The molecule has 134 valence electrons. The molecule has 0 aliphatic carbocycles. The molecule has 1 amide bonds. The maximum Gasteiger partial charge on any atom is 0.276 e. The fourth-order valence-corrected chi connectivity index (χ4v) is 2.62. The quantitative estimate of drug-likeness (QED) is 0.592. The lowest BCUT2D eigenvalue weighted by Crippen LogP contribution is -2.23. The summed E-state index contributed by atoms with van der Waals surface area (Å²) in [5.74, 6) is 0.290. The second kappa shape index (κ2) is 6.45. The molecule has 27 heavy (non-hydrogen) atoms. The zero-order valence-corrected chi connectivity index (χ0v) is 14.6. The Labute approximate surface area is 153 Å². The summed E-state index contributed by atoms with van der Waals surface area (Å²) in [6, 6.07) is 13.7. The molecule has 9 nitrogen and oxygen atoms in total. The van der Waals surface area contributed by atoms with E-state index in [0.717, 1.165) is 15.9 Å². The van der Waals surface area contributed by atoms with Gasteiger partial charge >= 0.3 is 0 Å².